The number of fused-ring (bicyclic) bond motifs is 1. The molecule has 0 saturated carbocycles. The molecule has 0 amide bonds. The number of hydrogen-bond acceptors (Lipinski definition) is 1. The largest absolute Gasteiger partial charge is 0.255 e. The number of pyridine rings is 1. The Hall–Kier alpha value is -1.15. The Kier molecular flexibility index (Phi) is 4.04. The molecule has 0 aliphatic rings. The first kappa shape index (κ1) is 11.9. The molecule has 0 aliphatic carbocycles. The van der Waals surface area contributed by atoms with Gasteiger partial charge < -0.3 is 0 Å². The van der Waals surface area contributed by atoms with Gasteiger partial charge in [-0.1, -0.05) is 25.4 Å². The van der Waals surface area contributed by atoms with Crippen LogP contribution < -0.4 is 0 Å². The number of benzene rings is 1. The lowest BCUT2D eigenvalue weighted by atomic mass is 10.1. The summed E-state index contributed by atoms with van der Waals surface area (Å²) < 4.78 is 13.0. The van der Waals surface area contributed by atoms with Crippen molar-refractivity contribution in [1.29, 1.82) is 0 Å². The molecule has 1 heterocycles. The zero-order valence-corrected chi connectivity index (χ0v) is 9.77. The highest BCUT2D eigenvalue weighted by molar-refractivity contribution is 6.35. The summed E-state index contributed by atoms with van der Waals surface area (Å²) in [7, 11) is 0. The second-order valence-corrected chi connectivity index (χ2v) is 3.32. The monoisotopic (exact) mass is 225 g/mol. The average molecular weight is 226 g/mol. The molecule has 0 unspecified atom stereocenters. The second kappa shape index (κ2) is 5.08. The van der Waals surface area contributed by atoms with Gasteiger partial charge in [-0.05, 0) is 30.7 Å². The SMILES string of the molecule is CC.Cc1ccnc2c(Cl)cc(F)cc12. The number of aromatic nitrogens is 1. The van der Waals surface area contributed by atoms with E-state index in [0.717, 1.165) is 10.9 Å². The van der Waals surface area contributed by atoms with E-state index in [0.29, 0.717) is 10.5 Å². The molecule has 3 heteroatoms. The van der Waals surface area contributed by atoms with E-state index in [1.165, 1.54) is 12.1 Å². The molecule has 2 aromatic rings. The zero-order valence-electron chi connectivity index (χ0n) is 9.01. The standard InChI is InChI=1S/C10H7ClFN.C2H6/c1-6-2-3-13-10-8(6)4-7(12)5-9(10)11;1-2/h2-5H,1H3;1-2H3. The first-order valence-electron chi connectivity index (χ1n) is 4.89. The molecule has 15 heavy (non-hydrogen) atoms. The number of halogens is 2. The van der Waals surface area contributed by atoms with Crippen LogP contribution in [0.5, 0.6) is 0 Å². The molecule has 0 atom stereocenters. The Morgan fingerprint density at radius 1 is 1.27 bits per heavy atom. The van der Waals surface area contributed by atoms with Crippen LogP contribution in [0.4, 0.5) is 4.39 Å². The number of hydrogen-bond donors (Lipinski definition) is 0. The van der Waals surface area contributed by atoms with E-state index >= 15 is 0 Å². The van der Waals surface area contributed by atoms with Gasteiger partial charge in [-0.25, -0.2) is 4.39 Å². The van der Waals surface area contributed by atoms with Crippen LogP contribution in [0.1, 0.15) is 19.4 Å². The van der Waals surface area contributed by atoms with E-state index in [9.17, 15) is 4.39 Å². The predicted octanol–water partition coefficient (Wildman–Crippen LogP) is 4.36. The van der Waals surface area contributed by atoms with Crippen molar-refractivity contribution in [1.82, 2.24) is 4.98 Å². The fraction of sp³-hybridized carbons (Fsp3) is 0.250. The Labute approximate surface area is 93.9 Å². The lowest BCUT2D eigenvalue weighted by molar-refractivity contribution is 0.629. The second-order valence-electron chi connectivity index (χ2n) is 2.91. The minimum Gasteiger partial charge on any atom is -0.255 e. The molecule has 0 spiro atoms. The number of rotatable bonds is 0. The van der Waals surface area contributed by atoms with Crippen molar-refractivity contribution in [2.45, 2.75) is 20.8 Å². The highest BCUT2D eigenvalue weighted by atomic mass is 35.5. The zero-order chi connectivity index (χ0) is 11.4. The van der Waals surface area contributed by atoms with E-state index < -0.39 is 0 Å². The van der Waals surface area contributed by atoms with Crippen molar-refractivity contribution in [2.75, 3.05) is 0 Å². The van der Waals surface area contributed by atoms with E-state index in [4.69, 9.17) is 11.6 Å². The Balaban J connectivity index is 0.000000531. The quantitative estimate of drug-likeness (QED) is 0.649. The highest BCUT2D eigenvalue weighted by Crippen LogP contribution is 2.24. The van der Waals surface area contributed by atoms with Crippen molar-refractivity contribution in [2.24, 2.45) is 0 Å². The molecule has 0 aliphatic heterocycles. The van der Waals surface area contributed by atoms with Crippen molar-refractivity contribution >= 4 is 22.5 Å². The first-order chi connectivity index (χ1) is 7.18. The molecule has 0 N–H and O–H groups in total. The summed E-state index contributed by atoms with van der Waals surface area (Å²) in [5.41, 5.74) is 1.63. The summed E-state index contributed by atoms with van der Waals surface area (Å²) in [6, 6.07) is 4.55. The predicted molar refractivity (Wildman–Crippen MR) is 62.8 cm³/mol. The van der Waals surface area contributed by atoms with Gasteiger partial charge in [-0.3, -0.25) is 4.98 Å². The summed E-state index contributed by atoms with van der Waals surface area (Å²) in [4.78, 5) is 4.08. The Morgan fingerprint density at radius 2 is 1.93 bits per heavy atom. The minimum absolute atomic E-state index is 0.325. The maximum atomic E-state index is 13.0. The van der Waals surface area contributed by atoms with Gasteiger partial charge >= 0.3 is 0 Å². The molecule has 80 valence electrons. The molecular formula is C12H13ClFN. The highest BCUT2D eigenvalue weighted by Gasteiger charge is 2.04. The van der Waals surface area contributed by atoms with Gasteiger partial charge in [-0.2, -0.15) is 0 Å². The van der Waals surface area contributed by atoms with E-state index in [2.05, 4.69) is 4.98 Å². The summed E-state index contributed by atoms with van der Waals surface area (Å²) in [5, 5.41) is 1.13. The van der Waals surface area contributed by atoms with Crippen LogP contribution in [0.25, 0.3) is 10.9 Å². The van der Waals surface area contributed by atoms with Crippen LogP contribution in [-0.2, 0) is 0 Å². The van der Waals surface area contributed by atoms with E-state index in [1.807, 2.05) is 26.8 Å². The van der Waals surface area contributed by atoms with Crippen LogP contribution in [0, 0.1) is 12.7 Å². The molecule has 1 aromatic heterocycles. The summed E-state index contributed by atoms with van der Waals surface area (Å²) >= 11 is 5.83. The fourth-order valence-electron chi connectivity index (χ4n) is 1.31. The van der Waals surface area contributed by atoms with Crippen LogP contribution in [0.2, 0.25) is 5.02 Å². The Bertz CT molecular complexity index is 468. The van der Waals surface area contributed by atoms with Crippen molar-refractivity contribution in [3.63, 3.8) is 0 Å². The van der Waals surface area contributed by atoms with Crippen LogP contribution in [-0.4, -0.2) is 4.98 Å². The minimum atomic E-state index is -0.325. The Morgan fingerprint density at radius 3 is 2.60 bits per heavy atom. The van der Waals surface area contributed by atoms with Gasteiger partial charge in [0, 0.05) is 11.6 Å². The van der Waals surface area contributed by atoms with Crippen LogP contribution >= 0.6 is 11.6 Å². The summed E-state index contributed by atoms with van der Waals surface area (Å²) in [5.74, 6) is -0.325. The third-order valence-electron chi connectivity index (χ3n) is 1.98. The molecule has 2 rings (SSSR count). The molecule has 1 aromatic carbocycles. The molecule has 1 nitrogen and oxygen atoms in total. The van der Waals surface area contributed by atoms with Gasteiger partial charge in [0.2, 0.25) is 0 Å². The van der Waals surface area contributed by atoms with Gasteiger partial charge in [-0.15, -0.1) is 0 Å². The normalized spacial score (nSPS) is 9.67. The third kappa shape index (κ3) is 2.45. The molecule has 0 fully saturated rings. The lowest BCUT2D eigenvalue weighted by Gasteiger charge is -2.02. The number of nitrogens with zero attached hydrogens (tertiary/aromatic N) is 1. The van der Waals surface area contributed by atoms with Crippen molar-refractivity contribution in [3.05, 3.63) is 40.8 Å². The molecule has 0 bridgehead atoms. The van der Waals surface area contributed by atoms with Crippen molar-refractivity contribution < 1.29 is 4.39 Å². The van der Waals surface area contributed by atoms with Gasteiger partial charge in [0.15, 0.2) is 0 Å². The summed E-state index contributed by atoms with van der Waals surface area (Å²) in [6.07, 6.45) is 1.67. The van der Waals surface area contributed by atoms with E-state index in [-0.39, 0.29) is 5.82 Å². The maximum absolute atomic E-state index is 13.0. The third-order valence-corrected chi connectivity index (χ3v) is 2.27. The maximum Gasteiger partial charge on any atom is 0.125 e. The molecule has 0 saturated heterocycles. The van der Waals surface area contributed by atoms with Crippen LogP contribution in [0.3, 0.4) is 0 Å². The smallest absolute Gasteiger partial charge is 0.125 e. The average Bonchev–Trinajstić information content (AvgIpc) is 2.23. The molecular weight excluding hydrogens is 213 g/mol. The summed E-state index contributed by atoms with van der Waals surface area (Å²) in [6.45, 7) is 5.90. The van der Waals surface area contributed by atoms with Gasteiger partial charge in [0.05, 0.1) is 10.5 Å². The van der Waals surface area contributed by atoms with Gasteiger partial charge in [0.1, 0.15) is 5.82 Å². The first-order valence-corrected chi connectivity index (χ1v) is 5.26. The van der Waals surface area contributed by atoms with Crippen molar-refractivity contribution in [3.8, 4) is 0 Å². The fourth-order valence-corrected chi connectivity index (χ4v) is 1.57. The van der Waals surface area contributed by atoms with Crippen LogP contribution in [0.15, 0.2) is 24.4 Å². The van der Waals surface area contributed by atoms with E-state index in [1.54, 1.807) is 6.20 Å². The topological polar surface area (TPSA) is 12.9 Å². The molecule has 0 radical (unpaired) electrons. The van der Waals surface area contributed by atoms with Gasteiger partial charge in [0.25, 0.3) is 0 Å². The number of aryl methyl sites for hydroxylation is 1. The lowest BCUT2D eigenvalue weighted by Crippen LogP contribution is -1.85.